The van der Waals surface area contributed by atoms with Crippen LogP contribution >= 0.6 is 0 Å². The van der Waals surface area contributed by atoms with Crippen LogP contribution in [-0.2, 0) is 16.0 Å². The molecule has 3 rings (SSSR count). The highest BCUT2D eigenvalue weighted by Gasteiger charge is 2.50. The lowest BCUT2D eigenvalue weighted by molar-refractivity contribution is -0.154. The Balaban J connectivity index is 1.55. The molecule has 0 bridgehead atoms. The largest absolute Gasteiger partial charge is 0.392 e. The highest BCUT2D eigenvalue weighted by molar-refractivity contribution is 5.86. The van der Waals surface area contributed by atoms with Crippen LogP contribution in [0.2, 0.25) is 0 Å². The summed E-state index contributed by atoms with van der Waals surface area (Å²) in [5, 5.41) is 13.2. The molecule has 1 aromatic carbocycles. The molecule has 6 heteroatoms. The van der Waals surface area contributed by atoms with Gasteiger partial charge < -0.3 is 15.3 Å². The number of aliphatic hydroxyl groups is 1. The summed E-state index contributed by atoms with van der Waals surface area (Å²) in [6.45, 7) is 1.43. The predicted octanol–water partition coefficient (Wildman–Crippen LogP) is 1.64. The molecule has 2 aliphatic rings. The fourth-order valence-corrected chi connectivity index (χ4v) is 3.91. The topological polar surface area (TPSA) is 69.6 Å². The molecule has 0 aliphatic carbocycles. The Morgan fingerprint density at radius 3 is 2.84 bits per heavy atom. The quantitative estimate of drug-likeness (QED) is 0.869. The summed E-state index contributed by atoms with van der Waals surface area (Å²) in [6, 6.07) is 6.32. The zero-order valence-electron chi connectivity index (χ0n) is 14.3. The molecule has 136 valence electrons. The number of piperidine rings is 2. The molecule has 2 N–H and O–H groups in total. The number of benzene rings is 1. The van der Waals surface area contributed by atoms with Crippen molar-refractivity contribution in [3.05, 3.63) is 35.6 Å². The number of nitrogens with one attached hydrogen (secondary N) is 1. The average molecular weight is 348 g/mol. The summed E-state index contributed by atoms with van der Waals surface area (Å²) in [7, 11) is 0. The van der Waals surface area contributed by atoms with Crippen molar-refractivity contribution in [3.63, 3.8) is 0 Å². The van der Waals surface area contributed by atoms with Gasteiger partial charge in [-0.1, -0.05) is 12.1 Å². The van der Waals surface area contributed by atoms with Crippen molar-refractivity contribution in [2.45, 2.75) is 44.6 Å². The highest BCUT2D eigenvalue weighted by Crippen LogP contribution is 2.37. The number of nitrogens with zero attached hydrogens (tertiary/aromatic N) is 1. The normalized spacial score (nSPS) is 26.6. The Bertz CT molecular complexity index is 634. The lowest BCUT2D eigenvalue weighted by Gasteiger charge is -2.46. The summed E-state index contributed by atoms with van der Waals surface area (Å²) in [5.74, 6) is -0.371. The zero-order valence-corrected chi connectivity index (χ0v) is 14.3. The smallest absolute Gasteiger partial charge is 0.230 e. The minimum absolute atomic E-state index is 0.0201. The number of aryl methyl sites for hydroxylation is 1. The van der Waals surface area contributed by atoms with Crippen molar-refractivity contribution in [1.82, 2.24) is 10.2 Å². The molecular weight excluding hydrogens is 323 g/mol. The Morgan fingerprint density at radius 2 is 2.12 bits per heavy atom. The van der Waals surface area contributed by atoms with Gasteiger partial charge in [-0.3, -0.25) is 9.59 Å². The van der Waals surface area contributed by atoms with Crippen molar-refractivity contribution in [1.29, 1.82) is 0 Å². The second-order valence-electron chi connectivity index (χ2n) is 7.12. The van der Waals surface area contributed by atoms with E-state index >= 15 is 0 Å². The van der Waals surface area contributed by atoms with Crippen LogP contribution in [0.1, 0.15) is 37.7 Å². The number of aliphatic hydroxyl groups excluding tert-OH is 1. The summed E-state index contributed by atoms with van der Waals surface area (Å²) >= 11 is 0. The number of amides is 2. The van der Waals surface area contributed by atoms with Crippen LogP contribution in [0, 0.1) is 11.2 Å². The number of likely N-dealkylation sites (tertiary alicyclic amines) is 1. The van der Waals surface area contributed by atoms with E-state index in [0.717, 1.165) is 12.0 Å². The Kier molecular flexibility index (Phi) is 5.37. The predicted molar refractivity (Wildman–Crippen MR) is 91.2 cm³/mol. The number of hydrogen-bond donors (Lipinski definition) is 2. The molecule has 25 heavy (non-hydrogen) atoms. The zero-order chi connectivity index (χ0) is 17.9. The van der Waals surface area contributed by atoms with Gasteiger partial charge in [0.1, 0.15) is 5.82 Å². The van der Waals surface area contributed by atoms with E-state index in [0.29, 0.717) is 51.7 Å². The maximum Gasteiger partial charge on any atom is 0.230 e. The van der Waals surface area contributed by atoms with Gasteiger partial charge in [0, 0.05) is 26.1 Å². The first-order valence-electron chi connectivity index (χ1n) is 9.00. The van der Waals surface area contributed by atoms with Gasteiger partial charge in [-0.15, -0.1) is 0 Å². The van der Waals surface area contributed by atoms with Gasteiger partial charge in [0.25, 0.3) is 0 Å². The minimum atomic E-state index is -0.844. The third-order valence-corrected chi connectivity index (χ3v) is 5.44. The van der Waals surface area contributed by atoms with E-state index in [2.05, 4.69) is 5.32 Å². The second kappa shape index (κ2) is 7.52. The van der Waals surface area contributed by atoms with Crippen molar-refractivity contribution in [3.8, 4) is 0 Å². The minimum Gasteiger partial charge on any atom is -0.392 e. The number of rotatable bonds is 4. The third kappa shape index (κ3) is 3.84. The van der Waals surface area contributed by atoms with E-state index in [1.807, 2.05) is 0 Å². The van der Waals surface area contributed by atoms with Gasteiger partial charge in [-0.25, -0.2) is 4.39 Å². The molecule has 0 saturated carbocycles. The van der Waals surface area contributed by atoms with Crippen molar-refractivity contribution < 1.29 is 19.1 Å². The number of carbonyl (C=O) groups is 2. The molecular formula is C19H25FN2O3. The van der Waals surface area contributed by atoms with Crippen LogP contribution in [0.5, 0.6) is 0 Å². The monoisotopic (exact) mass is 348 g/mol. The molecule has 1 spiro atoms. The molecule has 2 fully saturated rings. The first-order valence-corrected chi connectivity index (χ1v) is 9.00. The second-order valence-corrected chi connectivity index (χ2v) is 7.12. The first-order chi connectivity index (χ1) is 12.0. The van der Waals surface area contributed by atoms with Crippen LogP contribution in [0.15, 0.2) is 24.3 Å². The summed E-state index contributed by atoms with van der Waals surface area (Å²) in [6.07, 6.45) is 3.00. The molecule has 1 aromatic rings. The van der Waals surface area contributed by atoms with Gasteiger partial charge in [0.2, 0.25) is 11.8 Å². The van der Waals surface area contributed by atoms with Crippen molar-refractivity contribution in [2.24, 2.45) is 5.41 Å². The van der Waals surface area contributed by atoms with Crippen LogP contribution < -0.4 is 5.32 Å². The number of halogens is 1. The van der Waals surface area contributed by atoms with Crippen molar-refractivity contribution in [2.75, 3.05) is 19.6 Å². The van der Waals surface area contributed by atoms with E-state index < -0.39 is 11.5 Å². The van der Waals surface area contributed by atoms with Crippen LogP contribution in [0.25, 0.3) is 0 Å². The molecule has 2 amide bonds. The molecule has 2 aliphatic heterocycles. The fraction of sp³-hybridized carbons (Fsp3) is 0.579. The molecule has 0 aromatic heterocycles. The first kappa shape index (κ1) is 17.9. The molecule has 2 saturated heterocycles. The number of carbonyl (C=O) groups excluding carboxylic acids is 2. The van der Waals surface area contributed by atoms with Crippen LogP contribution in [0.4, 0.5) is 4.39 Å². The maximum atomic E-state index is 12.9. The van der Waals surface area contributed by atoms with E-state index in [9.17, 15) is 19.1 Å². The Hall–Kier alpha value is -1.95. The average Bonchev–Trinajstić information content (AvgIpc) is 2.61. The lowest BCUT2D eigenvalue weighted by atomic mass is 9.71. The summed E-state index contributed by atoms with van der Waals surface area (Å²) < 4.78 is 12.9. The van der Waals surface area contributed by atoms with Gasteiger partial charge in [-0.2, -0.15) is 0 Å². The van der Waals surface area contributed by atoms with Crippen molar-refractivity contribution >= 4 is 11.8 Å². The summed E-state index contributed by atoms with van der Waals surface area (Å²) in [5.41, 5.74) is 0.162. The van der Waals surface area contributed by atoms with Gasteiger partial charge >= 0.3 is 0 Å². The molecule has 0 radical (unpaired) electrons. The maximum absolute atomic E-state index is 12.9. The van der Waals surface area contributed by atoms with Gasteiger partial charge in [-0.05, 0) is 49.8 Å². The molecule has 5 nitrogen and oxygen atoms in total. The molecule has 2 atom stereocenters. The van der Waals surface area contributed by atoms with Gasteiger partial charge in [0.15, 0.2) is 0 Å². The molecule has 0 unspecified atom stereocenters. The third-order valence-electron chi connectivity index (χ3n) is 5.44. The fourth-order valence-electron chi connectivity index (χ4n) is 3.91. The Morgan fingerprint density at radius 1 is 1.36 bits per heavy atom. The lowest BCUT2D eigenvalue weighted by Crippen LogP contribution is -2.62. The molecule has 2 heterocycles. The van der Waals surface area contributed by atoms with E-state index in [1.165, 1.54) is 12.1 Å². The SMILES string of the molecule is O=C(CCCc1ccc(F)cc1)N1CC[C@H](O)[C@@]2(CCCNC2=O)C1. The highest BCUT2D eigenvalue weighted by atomic mass is 19.1. The van der Waals surface area contributed by atoms with E-state index in [1.54, 1.807) is 17.0 Å². The van der Waals surface area contributed by atoms with E-state index in [-0.39, 0.29) is 17.6 Å². The van der Waals surface area contributed by atoms with Gasteiger partial charge in [0.05, 0.1) is 11.5 Å². The standard InChI is InChI=1S/C19H25FN2O3/c20-15-7-5-14(6-8-15)3-1-4-17(24)22-12-9-16(23)19(13-22)10-2-11-21-18(19)25/h5-8,16,23H,1-4,9-13H2,(H,21,25)/t16-,19+/m0/s1. The van der Waals surface area contributed by atoms with E-state index in [4.69, 9.17) is 0 Å². The number of hydrogen-bond acceptors (Lipinski definition) is 3. The summed E-state index contributed by atoms with van der Waals surface area (Å²) in [4.78, 5) is 26.6. The Labute approximate surface area is 147 Å². The van der Waals surface area contributed by atoms with Crippen LogP contribution in [-0.4, -0.2) is 47.6 Å². The van der Waals surface area contributed by atoms with Crippen LogP contribution in [0.3, 0.4) is 0 Å².